The predicted molar refractivity (Wildman–Crippen MR) is 96.8 cm³/mol. The molecule has 4 heteroatoms. The minimum atomic E-state index is 0.0130. The lowest BCUT2D eigenvalue weighted by Gasteiger charge is -2.14. The highest BCUT2D eigenvalue weighted by molar-refractivity contribution is 5.91. The van der Waals surface area contributed by atoms with E-state index in [9.17, 15) is 4.79 Å². The number of carbonyl (C=O) groups is 1. The molecule has 0 saturated carbocycles. The molecule has 2 rings (SSSR count). The Balaban J connectivity index is 1.88. The molecule has 0 unspecified atom stereocenters. The number of hydrogen-bond acceptors (Lipinski definition) is 2. The number of amides is 1. The lowest BCUT2D eigenvalue weighted by atomic mass is 10.1. The molecule has 0 radical (unpaired) electrons. The molecule has 0 spiro atoms. The van der Waals surface area contributed by atoms with Gasteiger partial charge in [-0.05, 0) is 32.0 Å². The van der Waals surface area contributed by atoms with Crippen LogP contribution in [0.5, 0.6) is 5.75 Å². The molecule has 4 nitrogen and oxygen atoms in total. The molecule has 0 saturated heterocycles. The maximum atomic E-state index is 12.1. The molecule has 0 aliphatic heterocycles. The molecule has 0 bridgehead atoms. The molecule has 1 aromatic carbocycles. The number of hydrogen-bond donors (Lipinski definition) is 1. The number of aryl methyl sites for hydroxylation is 1. The molecular formula is C20H25N2O2+. The molecule has 0 aliphatic carbocycles. The maximum absolute atomic E-state index is 12.1. The Morgan fingerprint density at radius 2 is 2.04 bits per heavy atom. The molecule has 0 atom stereocenters. The normalized spacial score (nSPS) is 10.5. The SMILES string of the molecule is C=Cc1cc(NC(=O)CCC[n+]2ccccc2)ccc1OC(C)C. The molecule has 1 aromatic heterocycles. The van der Waals surface area contributed by atoms with Gasteiger partial charge in [0.05, 0.1) is 6.10 Å². The number of ether oxygens (including phenoxy) is 1. The zero-order valence-corrected chi connectivity index (χ0v) is 14.4. The highest BCUT2D eigenvalue weighted by Gasteiger charge is 2.08. The zero-order valence-electron chi connectivity index (χ0n) is 14.4. The van der Waals surface area contributed by atoms with E-state index in [2.05, 4.69) is 16.5 Å². The van der Waals surface area contributed by atoms with Crippen LogP contribution in [0.1, 0.15) is 32.3 Å². The Kier molecular flexibility index (Phi) is 6.55. The van der Waals surface area contributed by atoms with E-state index in [-0.39, 0.29) is 12.0 Å². The summed E-state index contributed by atoms with van der Waals surface area (Å²) in [5.41, 5.74) is 1.64. The summed E-state index contributed by atoms with van der Waals surface area (Å²) >= 11 is 0. The topological polar surface area (TPSA) is 42.2 Å². The van der Waals surface area contributed by atoms with Crippen molar-refractivity contribution in [1.82, 2.24) is 0 Å². The van der Waals surface area contributed by atoms with E-state index >= 15 is 0 Å². The van der Waals surface area contributed by atoms with Gasteiger partial charge in [0.25, 0.3) is 0 Å². The molecule has 1 heterocycles. The van der Waals surface area contributed by atoms with Crippen molar-refractivity contribution in [3.63, 3.8) is 0 Å². The molecule has 126 valence electrons. The van der Waals surface area contributed by atoms with E-state index in [1.807, 2.05) is 62.6 Å². The van der Waals surface area contributed by atoms with Crippen LogP contribution in [-0.4, -0.2) is 12.0 Å². The second kappa shape index (κ2) is 8.87. The van der Waals surface area contributed by atoms with Crippen molar-refractivity contribution in [1.29, 1.82) is 0 Å². The average Bonchev–Trinajstić information content (AvgIpc) is 2.56. The van der Waals surface area contributed by atoms with Gasteiger partial charge < -0.3 is 10.1 Å². The lowest BCUT2D eigenvalue weighted by molar-refractivity contribution is -0.697. The van der Waals surface area contributed by atoms with Gasteiger partial charge in [0.15, 0.2) is 12.4 Å². The minimum Gasteiger partial charge on any atom is -0.490 e. The van der Waals surface area contributed by atoms with Crippen molar-refractivity contribution in [2.75, 3.05) is 5.32 Å². The Bertz CT molecular complexity index is 681. The van der Waals surface area contributed by atoms with Gasteiger partial charge in [0, 0.05) is 36.2 Å². The van der Waals surface area contributed by atoms with Crippen LogP contribution in [0.25, 0.3) is 6.08 Å². The number of carbonyl (C=O) groups excluding carboxylic acids is 1. The summed E-state index contributed by atoms with van der Waals surface area (Å²) in [7, 11) is 0. The smallest absolute Gasteiger partial charge is 0.224 e. The van der Waals surface area contributed by atoms with Gasteiger partial charge in [-0.1, -0.05) is 18.7 Å². The lowest BCUT2D eigenvalue weighted by Crippen LogP contribution is -2.32. The first-order valence-corrected chi connectivity index (χ1v) is 8.25. The summed E-state index contributed by atoms with van der Waals surface area (Å²) in [6.07, 6.45) is 7.11. The highest BCUT2D eigenvalue weighted by atomic mass is 16.5. The van der Waals surface area contributed by atoms with Crippen LogP contribution >= 0.6 is 0 Å². The first kappa shape index (κ1) is 17.7. The quantitative estimate of drug-likeness (QED) is 0.750. The fourth-order valence-corrected chi connectivity index (χ4v) is 2.38. The fourth-order valence-electron chi connectivity index (χ4n) is 2.38. The molecule has 1 N–H and O–H groups in total. The monoisotopic (exact) mass is 325 g/mol. The van der Waals surface area contributed by atoms with Crippen LogP contribution in [0, 0.1) is 0 Å². The third-order valence-corrected chi connectivity index (χ3v) is 3.47. The summed E-state index contributed by atoms with van der Waals surface area (Å²) < 4.78 is 7.79. The van der Waals surface area contributed by atoms with E-state index in [1.54, 1.807) is 6.08 Å². The van der Waals surface area contributed by atoms with Crippen LogP contribution < -0.4 is 14.6 Å². The van der Waals surface area contributed by atoms with Gasteiger partial charge >= 0.3 is 0 Å². The zero-order chi connectivity index (χ0) is 17.4. The van der Waals surface area contributed by atoms with Crippen LogP contribution in [0.3, 0.4) is 0 Å². The van der Waals surface area contributed by atoms with E-state index in [0.29, 0.717) is 6.42 Å². The van der Waals surface area contributed by atoms with Gasteiger partial charge in [-0.3, -0.25) is 4.79 Å². The maximum Gasteiger partial charge on any atom is 0.224 e. The van der Waals surface area contributed by atoms with Crippen LogP contribution in [0.4, 0.5) is 5.69 Å². The summed E-state index contributed by atoms with van der Waals surface area (Å²) in [5, 5.41) is 2.93. The number of nitrogens with one attached hydrogen (secondary N) is 1. The number of benzene rings is 1. The third kappa shape index (κ3) is 5.54. The number of aromatic nitrogens is 1. The van der Waals surface area contributed by atoms with Crippen molar-refractivity contribution in [2.45, 2.75) is 39.3 Å². The fraction of sp³-hybridized carbons (Fsp3) is 0.300. The first-order valence-electron chi connectivity index (χ1n) is 8.25. The predicted octanol–water partition coefficient (Wildman–Crippen LogP) is 3.82. The summed E-state index contributed by atoms with van der Waals surface area (Å²) in [4.78, 5) is 12.1. The van der Waals surface area contributed by atoms with Crippen LogP contribution in [-0.2, 0) is 11.3 Å². The Morgan fingerprint density at radius 1 is 1.29 bits per heavy atom. The second-order valence-corrected chi connectivity index (χ2v) is 5.89. The summed E-state index contributed by atoms with van der Waals surface area (Å²) in [5.74, 6) is 0.789. The van der Waals surface area contributed by atoms with Crippen molar-refractivity contribution in [2.24, 2.45) is 0 Å². The Morgan fingerprint density at radius 3 is 2.71 bits per heavy atom. The van der Waals surface area contributed by atoms with Crippen molar-refractivity contribution >= 4 is 17.7 Å². The van der Waals surface area contributed by atoms with Gasteiger partial charge in [-0.25, -0.2) is 4.57 Å². The van der Waals surface area contributed by atoms with Gasteiger partial charge in [-0.2, -0.15) is 0 Å². The molecule has 0 aliphatic rings. The van der Waals surface area contributed by atoms with Gasteiger partial charge in [0.2, 0.25) is 5.91 Å². The largest absolute Gasteiger partial charge is 0.490 e. The van der Waals surface area contributed by atoms with E-state index in [1.165, 1.54) is 0 Å². The third-order valence-electron chi connectivity index (χ3n) is 3.47. The number of pyridine rings is 1. The molecular weight excluding hydrogens is 300 g/mol. The molecule has 24 heavy (non-hydrogen) atoms. The first-order chi connectivity index (χ1) is 11.6. The van der Waals surface area contributed by atoms with Gasteiger partial charge in [-0.15, -0.1) is 0 Å². The molecule has 0 fully saturated rings. The standard InChI is InChI=1S/C20H24N2O2/c1-4-17-15-18(10-11-19(17)24-16(2)3)21-20(23)9-8-14-22-12-6-5-7-13-22/h4-7,10-13,15-16H,1,8-9,14H2,2-3H3/p+1. The van der Waals surface area contributed by atoms with Crippen molar-refractivity contribution in [3.05, 3.63) is 60.9 Å². The minimum absolute atomic E-state index is 0.0130. The van der Waals surface area contributed by atoms with E-state index in [0.717, 1.165) is 30.0 Å². The van der Waals surface area contributed by atoms with Gasteiger partial charge in [0.1, 0.15) is 12.3 Å². The number of anilines is 1. The number of nitrogens with zero attached hydrogens (tertiary/aromatic N) is 1. The molecule has 2 aromatic rings. The molecule has 1 amide bonds. The Hall–Kier alpha value is -2.62. The highest BCUT2D eigenvalue weighted by Crippen LogP contribution is 2.25. The van der Waals surface area contributed by atoms with Crippen LogP contribution in [0.15, 0.2) is 55.4 Å². The van der Waals surface area contributed by atoms with E-state index < -0.39 is 0 Å². The summed E-state index contributed by atoms with van der Waals surface area (Å²) in [6.45, 7) is 8.59. The van der Waals surface area contributed by atoms with Crippen LogP contribution in [0.2, 0.25) is 0 Å². The second-order valence-electron chi connectivity index (χ2n) is 5.89. The van der Waals surface area contributed by atoms with Crippen molar-refractivity contribution in [3.8, 4) is 5.75 Å². The number of rotatable bonds is 8. The van der Waals surface area contributed by atoms with E-state index in [4.69, 9.17) is 4.74 Å². The summed E-state index contributed by atoms with van der Waals surface area (Å²) in [6, 6.07) is 11.6. The Labute approximate surface area is 143 Å². The van der Waals surface area contributed by atoms with Crippen molar-refractivity contribution < 1.29 is 14.1 Å². The average molecular weight is 325 g/mol.